The second-order valence-corrected chi connectivity index (χ2v) is 5.19. The molecule has 0 unspecified atom stereocenters. The van der Waals surface area contributed by atoms with Gasteiger partial charge in [-0.3, -0.25) is 10.1 Å². The van der Waals surface area contributed by atoms with Gasteiger partial charge in [-0.25, -0.2) is 0 Å². The highest BCUT2D eigenvalue weighted by Gasteiger charge is 2.11. The van der Waals surface area contributed by atoms with Crippen LogP contribution in [0.1, 0.15) is 20.9 Å². The Balaban J connectivity index is 1.67. The molecular weight excluding hydrogens is 274 g/mol. The quantitative estimate of drug-likeness (QED) is 0.800. The van der Waals surface area contributed by atoms with Crippen molar-refractivity contribution in [2.45, 2.75) is 6.42 Å². The van der Waals surface area contributed by atoms with Crippen molar-refractivity contribution in [2.75, 3.05) is 5.32 Å². The van der Waals surface area contributed by atoms with E-state index in [9.17, 15) is 4.79 Å². The van der Waals surface area contributed by atoms with Crippen LogP contribution >= 0.6 is 11.3 Å². The van der Waals surface area contributed by atoms with E-state index in [1.807, 2.05) is 30.3 Å². The molecule has 3 aromatic rings. The van der Waals surface area contributed by atoms with Crippen LogP contribution in [0.25, 0.3) is 0 Å². The maximum Gasteiger partial charge on any atom is 0.260 e. The minimum absolute atomic E-state index is 0.249. The zero-order valence-corrected chi connectivity index (χ0v) is 11.3. The van der Waals surface area contributed by atoms with E-state index >= 15 is 0 Å². The molecule has 100 valence electrons. The van der Waals surface area contributed by atoms with Gasteiger partial charge in [0.05, 0.1) is 11.8 Å². The van der Waals surface area contributed by atoms with Crippen molar-refractivity contribution in [1.82, 2.24) is 10.2 Å². The number of nitrogens with one attached hydrogen (secondary N) is 1. The van der Waals surface area contributed by atoms with Crippen LogP contribution in [0.5, 0.6) is 0 Å². The Hall–Kier alpha value is -2.47. The van der Waals surface area contributed by atoms with Crippen molar-refractivity contribution in [3.8, 4) is 0 Å². The van der Waals surface area contributed by atoms with E-state index in [1.54, 1.807) is 6.07 Å². The summed E-state index contributed by atoms with van der Waals surface area (Å²) in [5.74, 6) is -0.249. The van der Waals surface area contributed by atoms with Gasteiger partial charge in [-0.15, -0.1) is 10.2 Å². The fourth-order valence-electron chi connectivity index (χ4n) is 1.71. The Morgan fingerprint density at radius 2 is 2.05 bits per heavy atom. The molecule has 0 aliphatic rings. The first kappa shape index (κ1) is 12.6. The molecule has 3 rings (SSSR count). The Morgan fingerprint density at radius 1 is 1.20 bits per heavy atom. The van der Waals surface area contributed by atoms with Gasteiger partial charge in [-0.1, -0.05) is 41.7 Å². The number of benzene rings is 1. The molecule has 0 aliphatic heterocycles. The lowest BCUT2D eigenvalue weighted by Gasteiger charge is -1.96. The Kier molecular flexibility index (Phi) is 3.56. The van der Waals surface area contributed by atoms with Gasteiger partial charge in [0.15, 0.2) is 0 Å². The summed E-state index contributed by atoms with van der Waals surface area (Å²) in [6.07, 6.45) is 3.55. The van der Waals surface area contributed by atoms with Crippen molar-refractivity contribution in [3.05, 3.63) is 65.1 Å². The third-order valence-electron chi connectivity index (χ3n) is 2.67. The monoisotopic (exact) mass is 285 g/mol. The van der Waals surface area contributed by atoms with Crippen LogP contribution in [0.4, 0.5) is 5.13 Å². The number of hydrogen-bond donors (Lipinski definition) is 1. The molecule has 0 atom stereocenters. The zero-order chi connectivity index (χ0) is 13.8. The number of carbonyl (C=O) groups is 1. The van der Waals surface area contributed by atoms with E-state index in [2.05, 4.69) is 15.5 Å². The standard InChI is InChI=1S/C14H11N3O2S/c18-13(11-6-7-19-9-11)15-14-17-16-12(20-14)8-10-4-2-1-3-5-10/h1-7,9H,8H2,(H,15,17,18). The van der Waals surface area contributed by atoms with Gasteiger partial charge >= 0.3 is 0 Å². The fraction of sp³-hybridized carbons (Fsp3) is 0.0714. The largest absolute Gasteiger partial charge is 0.472 e. The van der Waals surface area contributed by atoms with Gasteiger partial charge in [0.1, 0.15) is 11.3 Å². The van der Waals surface area contributed by atoms with Crippen molar-refractivity contribution >= 4 is 22.4 Å². The molecule has 0 bridgehead atoms. The highest BCUT2D eigenvalue weighted by molar-refractivity contribution is 7.15. The van der Waals surface area contributed by atoms with E-state index in [0.717, 1.165) is 10.6 Å². The molecule has 20 heavy (non-hydrogen) atoms. The van der Waals surface area contributed by atoms with E-state index in [4.69, 9.17) is 4.42 Å². The number of aromatic nitrogens is 2. The summed E-state index contributed by atoms with van der Waals surface area (Å²) in [6.45, 7) is 0. The summed E-state index contributed by atoms with van der Waals surface area (Å²) >= 11 is 1.37. The third kappa shape index (κ3) is 2.92. The molecule has 2 aromatic heterocycles. The predicted octanol–water partition coefficient (Wildman–Crippen LogP) is 2.97. The Bertz CT molecular complexity index is 692. The molecule has 1 amide bonds. The van der Waals surface area contributed by atoms with Crippen LogP contribution in [-0.2, 0) is 6.42 Å². The second kappa shape index (κ2) is 5.66. The summed E-state index contributed by atoms with van der Waals surface area (Å²) in [4.78, 5) is 11.8. The number of rotatable bonds is 4. The average Bonchev–Trinajstić information content (AvgIpc) is 3.11. The molecule has 0 saturated heterocycles. The number of nitrogens with zero attached hydrogens (tertiary/aromatic N) is 2. The molecule has 0 fully saturated rings. The van der Waals surface area contributed by atoms with Crippen molar-refractivity contribution in [3.63, 3.8) is 0 Å². The molecule has 6 heteroatoms. The van der Waals surface area contributed by atoms with Crippen molar-refractivity contribution in [1.29, 1.82) is 0 Å². The van der Waals surface area contributed by atoms with Gasteiger partial charge in [-0.2, -0.15) is 0 Å². The Labute approximate surface area is 119 Å². The highest BCUT2D eigenvalue weighted by Crippen LogP contribution is 2.19. The van der Waals surface area contributed by atoms with Gasteiger partial charge < -0.3 is 4.42 Å². The SMILES string of the molecule is O=C(Nc1nnc(Cc2ccccc2)s1)c1ccoc1. The first-order valence-electron chi connectivity index (χ1n) is 6.01. The minimum atomic E-state index is -0.249. The van der Waals surface area contributed by atoms with Gasteiger partial charge in [0.2, 0.25) is 5.13 Å². The summed E-state index contributed by atoms with van der Waals surface area (Å²) in [6, 6.07) is 11.6. The number of amides is 1. The molecule has 0 saturated carbocycles. The first-order chi connectivity index (χ1) is 9.81. The van der Waals surface area contributed by atoms with Gasteiger partial charge in [0.25, 0.3) is 5.91 Å². The average molecular weight is 285 g/mol. The normalized spacial score (nSPS) is 10.4. The van der Waals surface area contributed by atoms with Crippen LogP contribution < -0.4 is 5.32 Å². The minimum Gasteiger partial charge on any atom is -0.472 e. The second-order valence-electron chi connectivity index (χ2n) is 4.13. The Morgan fingerprint density at radius 3 is 2.80 bits per heavy atom. The summed E-state index contributed by atoms with van der Waals surface area (Å²) in [5, 5.41) is 12.1. The van der Waals surface area contributed by atoms with Crippen LogP contribution in [0.3, 0.4) is 0 Å². The number of furan rings is 1. The molecule has 1 aromatic carbocycles. The van der Waals surface area contributed by atoms with Crippen LogP contribution in [-0.4, -0.2) is 16.1 Å². The van der Waals surface area contributed by atoms with Gasteiger partial charge in [0, 0.05) is 6.42 Å². The van der Waals surface area contributed by atoms with Crippen molar-refractivity contribution in [2.24, 2.45) is 0 Å². The lowest BCUT2D eigenvalue weighted by Crippen LogP contribution is -2.10. The number of hydrogen-bond acceptors (Lipinski definition) is 5. The maximum absolute atomic E-state index is 11.8. The molecule has 0 spiro atoms. The zero-order valence-electron chi connectivity index (χ0n) is 10.4. The lowest BCUT2D eigenvalue weighted by atomic mass is 10.2. The van der Waals surface area contributed by atoms with E-state index in [1.165, 1.54) is 23.9 Å². The smallest absolute Gasteiger partial charge is 0.260 e. The molecule has 5 nitrogen and oxygen atoms in total. The molecule has 2 heterocycles. The molecular formula is C14H11N3O2S. The van der Waals surface area contributed by atoms with E-state index in [0.29, 0.717) is 17.1 Å². The van der Waals surface area contributed by atoms with Crippen molar-refractivity contribution < 1.29 is 9.21 Å². The topological polar surface area (TPSA) is 68.0 Å². The molecule has 1 N–H and O–H groups in total. The summed E-state index contributed by atoms with van der Waals surface area (Å²) < 4.78 is 4.86. The first-order valence-corrected chi connectivity index (χ1v) is 6.83. The lowest BCUT2D eigenvalue weighted by molar-refractivity contribution is 0.102. The number of anilines is 1. The number of carbonyl (C=O) groups excluding carboxylic acids is 1. The maximum atomic E-state index is 11.8. The third-order valence-corrected chi connectivity index (χ3v) is 3.51. The van der Waals surface area contributed by atoms with Crippen LogP contribution in [0, 0.1) is 0 Å². The van der Waals surface area contributed by atoms with E-state index in [-0.39, 0.29) is 5.91 Å². The summed E-state index contributed by atoms with van der Waals surface area (Å²) in [7, 11) is 0. The molecule has 0 radical (unpaired) electrons. The predicted molar refractivity (Wildman–Crippen MR) is 75.8 cm³/mol. The van der Waals surface area contributed by atoms with E-state index < -0.39 is 0 Å². The summed E-state index contributed by atoms with van der Waals surface area (Å²) in [5.41, 5.74) is 1.63. The fourth-order valence-corrected chi connectivity index (χ4v) is 2.48. The highest BCUT2D eigenvalue weighted by atomic mass is 32.1. The van der Waals surface area contributed by atoms with Gasteiger partial charge in [-0.05, 0) is 11.6 Å². The van der Waals surface area contributed by atoms with Crippen LogP contribution in [0.2, 0.25) is 0 Å². The van der Waals surface area contributed by atoms with Crippen LogP contribution in [0.15, 0.2) is 53.3 Å². The molecule has 0 aliphatic carbocycles.